The Balaban J connectivity index is 4.49. The molecule has 0 saturated heterocycles. The third-order valence-corrected chi connectivity index (χ3v) is 3.18. The molecule has 88 valence electrons. The summed E-state index contributed by atoms with van der Waals surface area (Å²) in [5, 5.41) is 17.9. The van der Waals surface area contributed by atoms with Crippen molar-refractivity contribution in [2.45, 2.75) is 47.0 Å². The second-order valence-electron chi connectivity index (χ2n) is 4.91. The molecule has 0 amide bonds. The van der Waals surface area contributed by atoms with E-state index in [1.165, 1.54) is 0 Å². The maximum absolute atomic E-state index is 11.0. The van der Waals surface area contributed by atoms with Crippen molar-refractivity contribution in [3.63, 3.8) is 0 Å². The van der Waals surface area contributed by atoms with Crippen LogP contribution in [0.5, 0.6) is 0 Å². The minimum Gasteiger partial charge on any atom is -0.481 e. The lowest BCUT2D eigenvalue weighted by Gasteiger charge is -2.27. The third-order valence-electron chi connectivity index (χ3n) is 3.18. The molecule has 4 nitrogen and oxygen atoms in total. The molecule has 0 spiro atoms. The third kappa shape index (κ3) is 3.53. The van der Waals surface area contributed by atoms with Crippen molar-refractivity contribution in [3.05, 3.63) is 0 Å². The van der Waals surface area contributed by atoms with Gasteiger partial charge in [-0.25, -0.2) is 0 Å². The van der Waals surface area contributed by atoms with Crippen molar-refractivity contribution in [3.8, 4) is 0 Å². The Bertz CT molecular complexity index is 257. The van der Waals surface area contributed by atoms with Crippen LogP contribution in [0.2, 0.25) is 0 Å². The number of carboxylic acids is 2. The van der Waals surface area contributed by atoms with Crippen molar-refractivity contribution in [1.29, 1.82) is 0 Å². The van der Waals surface area contributed by atoms with E-state index in [0.717, 1.165) is 0 Å². The Labute approximate surface area is 90.3 Å². The Morgan fingerprint density at radius 3 is 1.73 bits per heavy atom. The first-order valence-corrected chi connectivity index (χ1v) is 5.12. The number of hydrogen-bond donors (Lipinski definition) is 2. The first kappa shape index (κ1) is 13.9. The molecular weight excluding hydrogens is 196 g/mol. The first-order chi connectivity index (χ1) is 6.65. The molecule has 1 atom stereocenters. The summed E-state index contributed by atoms with van der Waals surface area (Å²) in [4.78, 5) is 21.8. The van der Waals surface area contributed by atoms with Crippen molar-refractivity contribution >= 4 is 11.9 Å². The molecule has 2 N–H and O–H groups in total. The van der Waals surface area contributed by atoms with Crippen molar-refractivity contribution < 1.29 is 19.8 Å². The van der Waals surface area contributed by atoms with E-state index in [-0.39, 0.29) is 0 Å². The molecule has 0 aromatic carbocycles. The van der Waals surface area contributed by atoms with Crippen LogP contribution in [0.4, 0.5) is 0 Å². The van der Waals surface area contributed by atoms with Crippen LogP contribution in [0, 0.1) is 10.8 Å². The fourth-order valence-electron chi connectivity index (χ4n) is 1.13. The summed E-state index contributed by atoms with van der Waals surface area (Å²) in [5.41, 5.74) is -1.67. The van der Waals surface area contributed by atoms with E-state index < -0.39 is 22.8 Å². The van der Waals surface area contributed by atoms with Gasteiger partial charge in [-0.1, -0.05) is 6.92 Å². The molecule has 0 fully saturated rings. The normalized spacial score (nSPS) is 15.7. The summed E-state index contributed by atoms with van der Waals surface area (Å²) in [6, 6.07) is 0. The van der Waals surface area contributed by atoms with Gasteiger partial charge in [0.1, 0.15) is 0 Å². The van der Waals surface area contributed by atoms with Crippen LogP contribution in [-0.2, 0) is 9.59 Å². The number of aliphatic carboxylic acids is 2. The fraction of sp³-hybridized carbons (Fsp3) is 0.818. The van der Waals surface area contributed by atoms with Crippen LogP contribution in [-0.4, -0.2) is 22.2 Å². The van der Waals surface area contributed by atoms with Gasteiger partial charge >= 0.3 is 11.9 Å². The van der Waals surface area contributed by atoms with Gasteiger partial charge in [-0.05, 0) is 40.0 Å². The molecule has 0 radical (unpaired) electrons. The minimum absolute atomic E-state index is 0.374. The standard InChI is InChI=1S/C11H20O4/c1-5-11(4,9(14)15)7-6-10(2,3)8(12)13/h5-7H2,1-4H3,(H,12,13)(H,14,15). The maximum Gasteiger partial charge on any atom is 0.309 e. The molecule has 0 bridgehead atoms. The average molecular weight is 216 g/mol. The number of rotatable bonds is 6. The molecule has 0 aromatic rings. The van der Waals surface area contributed by atoms with E-state index in [2.05, 4.69) is 0 Å². The number of hydrogen-bond acceptors (Lipinski definition) is 2. The fourth-order valence-corrected chi connectivity index (χ4v) is 1.13. The molecule has 0 saturated carbocycles. The molecule has 0 heterocycles. The minimum atomic E-state index is -0.883. The highest BCUT2D eigenvalue weighted by molar-refractivity contribution is 5.75. The molecule has 0 aliphatic carbocycles. The van der Waals surface area contributed by atoms with E-state index in [1.807, 2.05) is 6.92 Å². The van der Waals surface area contributed by atoms with Gasteiger partial charge in [0.2, 0.25) is 0 Å². The second kappa shape index (κ2) is 4.64. The summed E-state index contributed by atoms with van der Waals surface area (Å²) in [5.74, 6) is -1.74. The Morgan fingerprint density at radius 1 is 1.00 bits per heavy atom. The second-order valence-corrected chi connectivity index (χ2v) is 4.91. The Morgan fingerprint density at radius 2 is 1.47 bits per heavy atom. The van der Waals surface area contributed by atoms with Crippen molar-refractivity contribution in [2.24, 2.45) is 10.8 Å². The summed E-state index contributed by atoms with van der Waals surface area (Å²) in [6.45, 7) is 6.70. The van der Waals surface area contributed by atoms with E-state index >= 15 is 0 Å². The Hall–Kier alpha value is -1.06. The smallest absolute Gasteiger partial charge is 0.309 e. The highest BCUT2D eigenvalue weighted by atomic mass is 16.4. The highest BCUT2D eigenvalue weighted by Crippen LogP contribution is 2.33. The van der Waals surface area contributed by atoms with Gasteiger partial charge in [-0.15, -0.1) is 0 Å². The molecular formula is C11H20O4. The summed E-state index contributed by atoms with van der Waals surface area (Å²) in [7, 11) is 0. The van der Waals surface area contributed by atoms with Crippen LogP contribution in [0.25, 0.3) is 0 Å². The SMILES string of the molecule is CCC(C)(CCC(C)(C)C(=O)O)C(=O)O. The van der Waals surface area contributed by atoms with E-state index in [4.69, 9.17) is 10.2 Å². The van der Waals surface area contributed by atoms with Crippen LogP contribution in [0.1, 0.15) is 47.0 Å². The van der Waals surface area contributed by atoms with Crippen LogP contribution in [0.3, 0.4) is 0 Å². The van der Waals surface area contributed by atoms with Crippen molar-refractivity contribution in [2.75, 3.05) is 0 Å². The lowest BCUT2D eigenvalue weighted by Crippen LogP contribution is -2.31. The number of carboxylic acid groups (broad SMARTS) is 2. The van der Waals surface area contributed by atoms with E-state index in [1.54, 1.807) is 20.8 Å². The molecule has 0 aromatic heterocycles. The monoisotopic (exact) mass is 216 g/mol. The zero-order valence-corrected chi connectivity index (χ0v) is 9.83. The molecule has 0 aliphatic heterocycles. The van der Waals surface area contributed by atoms with Crippen molar-refractivity contribution in [1.82, 2.24) is 0 Å². The molecule has 15 heavy (non-hydrogen) atoms. The quantitative estimate of drug-likeness (QED) is 0.714. The largest absolute Gasteiger partial charge is 0.481 e. The molecule has 4 heteroatoms. The lowest BCUT2D eigenvalue weighted by atomic mass is 9.76. The van der Waals surface area contributed by atoms with Gasteiger partial charge in [0.25, 0.3) is 0 Å². The summed E-state index contributed by atoms with van der Waals surface area (Å²) >= 11 is 0. The van der Waals surface area contributed by atoms with Gasteiger partial charge in [0, 0.05) is 0 Å². The zero-order chi connectivity index (χ0) is 12.3. The van der Waals surface area contributed by atoms with Crippen LogP contribution < -0.4 is 0 Å². The molecule has 0 rings (SSSR count). The van der Waals surface area contributed by atoms with E-state index in [9.17, 15) is 9.59 Å². The average Bonchev–Trinajstić information content (AvgIpc) is 2.13. The van der Waals surface area contributed by atoms with Gasteiger partial charge < -0.3 is 10.2 Å². The van der Waals surface area contributed by atoms with Gasteiger partial charge in [-0.2, -0.15) is 0 Å². The first-order valence-electron chi connectivity index (χ1n) is 5.12. The van der Waals surface area contributed by atoms with Gasteiger partial charge in [-0.3, -0.25) is 9.59 Å². The summed E-state index contributed by atoms with van der Waals surface area (Å²) < 4.78 is 0. The van der Waals surface area contributed by atoms with E-state index in [0.29, 0.717) is 19.3 Å². The predicted octanol–water partition coefficient (Wildman–Crippen LogP) is 2.38. The Kier molecular flexibility index (Phi) is 4.31. The number of carbonyl (C=O) groups is 2. The summed E-state index contributed by atoms with van der Waals surface area (Å²) in [6.07, 6.45) is 1.27. The van der Waals surface area contributed by atoms with Crippen LogP contribution in [0.15, 0.2) is 0 Å². The molecule has 1 unspecified atom stereocenters. The van der Waals surface area contributed by atoms with Gasteiger partial charge in [0.15, 0.2) is 0 Å². The lowest BCUT2D eigenvalue weighted by molar-refractivity contribution is -0.152. The molecule has 0 aliphatic rings. The predicted molar refractivity (Wildman–Crippen MR) is 56.7 cm³/mol. The zero-order valence-electron chi connectivity index (χ0n) is 9.83. The topological polar surface area (TPSA) is 74.6 Å². The van der Waals surface area contributed by atoms with Crippen LogP contribution >= 0.6 is 0 Å². The van der Waals surface area contributed by atoms with Gasteiger partial charge in [0.05, 0.1) is 10.8 Å². The highest BCUT2D eigenvalue weighted by Gasteiger charge is 2.35. The maximum atomic E-state index is 11.0.